The molecule has 0 saturated heterocycles. The number of hydrogen-bond donors (Lipinski definition) is 3. The van der Waals surface area contributed by atoms with Gasteiger partial charge in [0.15, 0.2) is 0 Å². The number of fused-ring (bicyclic) bond motifs is 1. The molecule has 0 aromatic heterocycles. The minimum absolute atomic E-state index is 0.0388. The standard InChI is InChI=1S/C24H18Cl2F2N2O3/c1-24(2,33)12-7-17-20(21(30-23(17)32)16-10-14(27)3-4-18(16)26)19(8-12)29-22(31)11-5-13(25)9-15(28)6-11/h3-10,21,33H,1-2H3,(H,29,31)(H,30,32)/t21-/m0/s1. The average Bonchev–Trinajstić information content (AvgIpc) is 3.05. The summed E-state index contributed by atoms with van der Waals surface area (Å²) in [5.74, 6) is -2.41. The molecule has 3 aromatic carbocycles. The molecule has 33 heavy (non-hydrogen) atoms. The van der Waals surface area contributed by atoms with Gasteiger partial charge in [0.05, 0.1) is 11.6 Å². The summed E-state index contributed by atoms with van der Waals surface area (Å²) in [6.45, 7) is 3.06. The van der Waals surface area contributed by atoms with Crippen LogP contribution >= 0.6 is 23.2 Å². The Kier molecular flexibility index (Phi) is 5.90. The molecule has 0 spiro atoms. The van der Waals surface area contributed by atoms with Crippen LogP contribution in [0.2, 0.25) is 10.0 Å². The topological polar surface area (TPSA) is 78.4 Å². The Morgan fingerprint density at radius 1 is 1.06 bits per heavy atom. The van der Waals surface area contributed by atoms with E-state index in [0.29, 0.717) is 16.7 Å². The summed E-state index contributed by atoms with van der Waals surface area (Å²) in [5.41, 5.74) is -0.0208. The first-order valence-corrected chi connectivity index (χ1v) is 10.6. The number of amides is 2. The average molecular weight is 491 g/mol. The van der Waals surface area contributed by atoms with Crippen molar-refractivity contribution in [1.29, 1.82) is 0 Å². The lowest BCUT2D eigenvalue weighted by molar-refractivity contribution is 0.0784. The molecule has 1 aliphatic heterocycles. The van der Waals surface area contributed by atoms with Crippen LogP contribution in [0.25, 0.3) is 0 Å². The van der Waals surface area contributed by atoms with Crippen molar-refractivity contribution in [3.05, 3.63) is 98.0 Å². The Bertz CT molecular complexity index is 1290. The van der Waals surface area contributed by atoms with E-state index in [1.807, 2.05) is 0 Å². The van der Waals surface area contributed by atoms with Crippen molar-refractivity contribution in [3.63, 3.8) is 0 Å². The monoisotopic (exact) mass is 490 g/mol. The van der Waals surface area contributed by atoms with Gasteiger partial charge in [-0.1, -0.05) is 23.2 Å². The highest BCUT2D eigenvalue weighted by molar-refractivity contribution is 6.31. The number of hydrogen-bond acceptors (Lipinski definition) is 3. The van der Waals surface area contributed by atoms with Crippen molar-refractivity contribution in [1.82, 2.24) is 5.32 Å². The molecule has 3 N–H and O–H groups in total. The highest BCUT2D eigenvalue weighted by Crippen LogP contribution is 2.41. The molecule has 0 unspecified atom stereocenters. The number of halogens is 4. The first-order chi connectivity index (χ1) is 15.4. The molecule has 4 rings (SSSR count). The zero-order valence-corrected chi connectivity index (χ0v) is 19.0. The number of aliphatic hydroxyl groups is 1. The van der Waals surface area contributed by atoms with E-state index in [1.54, 1.807) is 0 Å². The Morgan fingerprint density at radius 3 is 2.45 bits per heavy atom. The zero-order valence-electron chi connectivity index (χ0n) is 17.5. The fraction of sp³-hybridized carbons (Fsp3) is 0.167. The van der Waals surface area contributed by atoms with E-state index in [1.165, 1.54) is 50.2 Å². The number of carbonyl (C=O) groups excluding carboxylic acids is 2. The van der Waals surface area contributed by atoms with E-state index in [4.69, 9.17) is 23.2 Å². The van der Waals surface area contributed by atoms with Gasteiger partial charge >= 0.3 is 0 Å². The highest BCUT2D eigenvalue weighted by atomic mass is 35.5. The molecule has 3 aromatic rings. The van der Waals surface area contributed by atoms with Crippen LogP contribution in [-0.4, -0.2) is 16.9 Å². The smallest absolute Gasteiger partial charge is 0.255 e. The van der Waals surface area contributed by atoms with Crippen LogP contribution in [0.1, 0.15) is 57.3 Å². The second-order valence-electron chi connectivity index (χ2n) is 8.23. The lowest BCUT2D eigenvalue weighted by Crippen LogP contribution is -2.21. The molecule has 1 aliphatic rings. The van der Waals surface area contributed by atoms with Gasteiger partial charge in [0.2, 0.25) is 0 Å². The largest absolute Gasteiger partial charge is 0.386 e. The molecule has 0 saturated carbocycles. The third-order valence-corrected chi connectivity index (χ3v) is 5.90. The fourth-order valence-corrected chi connectivity index (χ4v) is 4.19. The Balaban J connectivity index is 1.88. The van der Waals surface area contributed by atoms with Gasteiger partial charge < -0.3 is 15.7 Å². The highest BCUT2D eigenvalue weighted by Gasteiger charge is 2.36. The minimum atomic E-state index is -1.34. The summed E-state index contributed by atoms with van der Waals surface area (Å²) < 4.78 is 27.8. The predicted octanol–water partition coefficient (Wildman–Crippen LogP) is 5.58. The summed E-state index contributed by atoms with van der Waals surface area (Å²) in [4.78, 5) is 25.7. The van der Waals surface area contributed by atoms with Crippen LogP contribution in [0.4, 0.5) is 14.5 Å². The van der Waals surface area contributed by atoms with Gasteiger partial charge in [0.25, 0.3) is 11.8 Å². The summed E-state index contributed by atoms with van der Waals surface area (Å²) in [6.07, 6.45) is 0. The van der Waals surface area contributed by atoms with Gasteiger partial charge in [-0.15, -0.1) is 0 Å². The van der Waals surface area contributed by atoms with Gasteiger partial charge in [0.1, 0.15) is 11.6 Å². The summed E-state index contributed by atoms with van der Waals surface area (Å²) in [5, 5.41) is 16.2. The van der Waals surface area contributed by atoms with E-state index in [9.17, 15) is 23.5 Å². The minimum Gasteiger partial charge on any atom is -0.386 e. The van der Waals surface area contributed by atoms with Gasteiger partial charge in [-0.3, -0.25) is 9.59 Å². The number of benzene rings is 3. The van der Waals surface area contributed by atoms with Crippen LogP contribution in [0.3, 0.4) is 0 Å². The van der Waals surface area contributed by atoms with Crippen LogP contribution in [0.5, 0.6) is 0 Å². The molecule has 0 fully saturated rings. The molecular weight excluding hydrogens is 473 g/mol. The van der Waals surface area contributed by atoms with Crippen LogP contribution in [-0.2, 0) is 5.60 Å². The Labute approximate surface area is 198 Å². The van der Waals surface area contributed by atoms with E-state index in [-0.39, 0.29) is 26.9 Å². The normalized spacial score (nSPS) is 15.2. The van der Waals surface area contributed by atoms with Gasteiger partial charge in [-0.05, 0) is 67.9 Å². The maximum absolute atomic E-state index is 14.0. The number of anilines is 1. The summed E-state index contributed by atoms with van der Waals surface area (Å²) in [6, 6.07) is 9.30. The van der Waals surface area contributed by atoms with E-state index in [0.717, 1.165) is 12.1 Å². The summed E-state index contributed by atoms with van der Waals surface area (Å²) in [7, 11) is 0. The molecule has 0 bridgehead atoms. The van der Waals surface area contributed by atoms with Crippen LogP contribution in [0, 0.1) is 11.6 Å². The first-order valence-electron chi connectivity index (χ1n) is 9.88. The predicted molar refractivity (Wildman–Crippen MR) is 122 cm³/mol. The van der Waals surface area contributed by atoms with Gasteiger partial charge in [-0.2, -0.15) is 0 Å². The second-order valence-corrected chi connectivity index (χ2v) is 9.07. The van der Waals surface area contributed by atoms with Crippen molar-refractivity contribution in [2.24, 2.45) is 0 Å². The van der Waals surface area contributed by atoms with E-state index >= 15 is 0 Å². The lowest BCUT2D eigenvalue weighted by atomic mass is 9.90. The molecule has 0 radical (unpaired) electrons. The number of rotatable bonds is 4. The Morgan fingerprint density at radius 2 is 1.79 bits per heavy atom. The molecular formula is C24H18Cl2F2N2O3. The SMILES string of the molecule is CC(C)(O)c1cc(NC(=O)c2cc(F)cc(Cl)c2)c2c(c1)C(=O)N[C@H]2c1cc(F)ccc1Cl. The second kappa shape index (κ2) is 8.41. The Hall–Kier alpha value is -3.00. The fourth-order valence-electron chi connectivity index (χ4n) is 3.74. The third-order valence-electron chi connectivity index (χ3n) is 5.34. The molecule has 9 heteroatoms. The van der Waals surface area contributed by atoms with Crippen molar-refractivity contribution in [3.8, 4) is 0 Å². The van der Waals surface area contributed by atoms with E-state index in [2.05, 4.69) is 10.6 Å². The summed E-state index contributed by atoms with van der Waals surface area (Å²) >= 11 is 12.2. The van der Waals surface area contributed by atoms with Crippen molar-refractivity contribution in [2.45, 2.75) is 25.5 Å². The third kappa shape index (κ3) is 4.57. The van der Waals surface area contributed by atoms with Crippen LogP contribution < -0.4 is 10.6 Å². The van der Waals surface area contributed by atoms with Gasteiger partial charge in [0, 0.05) is 38.0 Å². The lowest BCUT2D eigenvalue weighted by Gasteiger charge is -2.23. The molecule has 0 aliphatic carbocycles. The number of nitrogens with one attached hydrogen (secondary N) is 2. The van der Waals surface area contributed by atoms with Crippen molar-refractivity contribution in [2.75, 3.05) is 5.32 Å². The molecule has 170 valence electrons. The number of carbonyl (C=O) groups is 2. The maximum atomic E-state index is 14.0. The molecule has 2 amide bonds. The van der Waals surface area contributed by atoms with E-state index < -0.39 is 35.1 Å². The van der Waals surface area contributed by atoms with Gasteiger partial charge in [-0.25, -0.2) is 8.78 Å². The molecule has 1 atom stereocenters. The molecule has 1 heterocycles. The zero-order chi connectivity index (χ0) is 24.1. The first kappa shape index (κ1) is 23.2. The van der Waals surface area contributed by atoms with Crippen molar-refractivity contribution >= 4 is 40.7 Å². The van der Waals surface area contributed by atoms with Crippen molar-refractivity contribution < 1.29 is 23.5 Å². The maximum Gasteiger partial charge on any atom is 0.255 e. The van der Waals surface area contributed by atoms with Crippen LogP contribution in [0.15, 0.2) is 48.5 Å². The molecule has 5 nitrogen and oxygen atoms in total. The quantitative estimate of drug-likeness (QED) is 0.446.